The molecule has 13 heteroatoms. The van der Waals surface area contributed by atoms with E-state index in [9.17, 15) is 4.79 Å². The van der Waals surface area contributed by atoms with Crippen LogP contribution in [0.2, 0.25) is 0 Å². The summed E-state index contributed by atoms with van der Waals surface area (Å²) in [6.45, 7) is 4.37. The van der Waals surface area contributed by atoms with Crippen LogP contribution in [0.25, 0.3) is 16.7 Å². The van der Waals surface area contributed by atoms with Crippen molar-refractivity contribution in [3.63, 3.8) is 0 Å². The average Bonchev–Trinajstić information content (AvgIpc) is 3.48. The summed E-state index contributed by atoms with van der Waals surface area (Å²) in [6.07, 6.45) is 4.12. The van der Waals surface area contributed by atoms with Gasteiger partial charge in [0.2, 0.25) is 17.7 Å². The number of nitrogens with one attached hydrogen (secondary N) is 1. The van der Waals surface area contributed by atoms with Gasteiger partial charge in [-0.05, 0) is 30.3 Å². The van der Waals surface area contributed by atoms with Crippen LogP contribution in [0.1, 0.15) is 0 Å². The molecule has 0 aliphatic carbocycles. The zero-order valence-corrected chi connectivity index (χ0v) is 23.2. The maximum atomic E-state index is 15.2. The number of anilines is 2. The molecule has 0 spiro atoms. The fourth-order valence-electron chi connectivity index (χ4n) is 4.46. The van der Waals surface area contributed by atoms with Crippen molar-refractivity contribution in [2.75, 3.05) is 32.6 Å². The Kier molecular flexibility index (Phi) is 7.43. The molecule has 5 aromatic rings. The number of pyridine rings is 1. The Hall–Kier alpha value is -5.72. The minimum Gasteiger partial charge on any atom is -0.493 e. The lowest BCUT2D eigenvalue weighted by Gasteiger charge is -2.38. The summed E-state index contributed by atoms with van der Waals surface area (Å²) in [4.78, 5) is 26.4. The number of aromatic nitrogens is 5. The first kappa shape index (κ1) is 27.4. The number of amides is 1. The molecule has 6 rings (SSSR count). The van der Waals surface area contributed by atoms with E-state index in [0.29, 0.717) is 53.0 Å². The zero-order chi connectivity index (χ0) is 29.9. The van der Waals surface area contributed by atoms with E-state index in [1.807, 2.05) is 0 Å². The summed E-state index contributed by atoms with van der Waals surface area (Å²) in [6, 6.07) is 14.8. The lowest BCUT2D eigenvalue weighted by atomic mass is 10.1. The molecule has 2 aromatic carbocycles. The molecule has 0 saturated carbocycles. The maximum absolute atomic E-state index is 15.2. The zero-order valence-electron chi connectivity index (χ0n) is 23.2. The number of hydrogen-bond donors (Lipinski definition) is 1. The van der Waals surface area contributed by atoms with E-state index in [-0.39, 0.29) is 29.3 Å². The second-order valence-corrected chi connectivity index (χ2v) is 9.44. The maximum Gasteiger partial charge on any atom is 0.246 e. The molecule has 3 aromatic heterocycles. The molecule has 12 nitrogen and oxygen atoms in total. The highest BCUT2D eigenvalue weighted by Crippen LogP contribution is 2.37. The Morgan fingerprint density at radius 1 is 1.05 bits per heavy atom. The first-order valence-corrected chi connectivity index (χ1v) is 13.2. The fraction of sp³-hybridized carbons (Fsp3) is 0.167. The van der Waals surface area contributed by atoms with Crippen LogP contribution >= 0.6 is 0 Å². The fourth-order valence-corrected chi connectivity index (χ4v) is 4.46. The number of ether oxygens (including phenoxy) is 4. The number of nitrogens with zero attached hydrogens (tertiary/aromatic N) is 6. The van der Waals surface area contributed by atoms with E-state index in [0.717, 1.165) is 0 Å². The van der Waals surface area contributed by atoms with Crippen molar-refractivity contribution in [2.45, 2.75) is 6.10 Å². The summed E-state index contributed by atoms with van der Waals surface area (Å²) in [5.74, 6) is 2.09. The molecule has 1 aliphatic heterocycles. The van der Waals surface area contributed by atoms with Crippen molar-refractivity contribution in [2.24, 2.45) is 0 Å². The van der Waals surface area contributed by atoms with Crippen LogP contribution < -0.4 is 24.3 Å². The minimum absolute atomic E-state index is 0.149. The molecule has 0 unspecified atom stereocenters. The van der Waals surface area contributed by atoms with E-state index < -0.39 is 5.82 Å². The number of benzene rings is 2. The normalized spacial score (nSPS) is 12.9. The third-order valence-corrected chi connectivity index (χ3v) is 6.68. The van der Waals surface area contributed by atoms with Gasteiger partial charge in [-0.25, -0.2) is 19.0 Å². The Bertz CT molecular complexity index is 1820. The molecule has 1 amide bonds. The summed E-state index contributed by atoms with van der Waals surface area (Å²) in [5, 5.41) is 7.98. The predicted molar refractivity (Wildman–Crippen MR) is 155 cm³/mol. The second-order valence-electron chi connectivity index (χ2n) is 9.44. The van der Waals surface area contributed by atoms with Crippen LogP contribution in [-0.4, -0.2) is 69.0 Å². The lowest BCUT2D eigenvalue weighted by Crippen LogP contribution is -2.55. The van der Waals surface area contributed by atoms with Crippen LogP contribution in [0.5, 0.6) is 29.0 Å². The van der Waals surface area contributed by atoms with Crippen molar-refractivity contribution in [1.82, 2.24) is 29.6 Å². The van der Waals surface area contributed by atoms with Gasteiger partial charge in [-0.15, -0.1) is 5.10 Å². The van der Waals surface area contributed by atoms with Gasteiger partial charge in [0.1, 0.15) is 29.8 Å². The largest absolute Gasteiger partial charge is 0.493 e. The highest BCUT2D eigenvalue weighted by Gasteiger charge is 2.31. The molecule has 1 N–H and O–H groups in total. The van der Waals surface area contributed by atoms with E-state index >= 15 is 4.39 Å². The number of likely N-dealkylation sites (tertiary alicyclic amines) is 1. The number of carbonyl (C=O) groups excluding carboxylic acids is 1. The smallest absolute Gasteiger partial charge is 0.246 e. The van der Waals surface area contributed by atoms with Crippen molar-refractivity contribution < 1.29 is 28.1 Å². The topological polar surface area (TPSA) is 126 Å². The number of rotatable bonds is 10. The number of halogens is 1. The predicted octanol–water partition coefficient (Wildman–Crippen LogP) is 4.68. The van der Waals surface area contributed by atoms with Crippen molar-refractivity contribution >= 4 is 28.3 Å². The Labute approximate surface area is 245 Å². The van der Waals surface area contributed by atoms with Gasteiger partial charge < -0.3 is 29.2 Å². The van der Waals surface area contributed by atoms with Gasteiger partial charge in [-0.1, -0.05) is 12.6 Å². The van der Waals surface area contributed by atoms with Gasteiger partial charge in [0.15, 0.2) is 17.3 Å². The number of methoxy groups -OCH3 is 2. The lowest BCUT2D eigenvalue weighted by molar-refractivity contribution is -0.134. The summed E-state index contributed by atoms with van der Waals surface area (Å²) in [5.41, 5.74) is 0.745. The summed E-state index contributed by atoms with van der Waals surface area (Å²) in [7, 11) is 3.06. The number of hydrogen-bond acceptors (Lipinski definition) is 10. The van der Waals surface area contributed by atoms with E-state index in [2.05, 4.69) is 31.9 Å². The van der Waals surface area contributed by atoms with Crippen molar-refractivity contribution in [1.29, 1.82) is 0 Å². The molecule has 43 heavy (non-hydrogen) atoms. The second kappa shape index (κ2) is 11.6. The van der Waals surface area contributed by atoms with Gasteiger partial charge in [-0.2, -0.15) is 4.98 Å². The molecule has 4 heterocycles. The number of fused-ring (bicyclic) bond motifs is 1. The summed E-state index contributed by atoms with van der Waals surface area (Å²) < 4.78 is 39.3. The quantitative estimate of drug-likeness (QED) is 0.232. The minimum atomic E-state index is -0.565. The van der Waals surface area contributed by atoms with Crippen LogP contribution in [0.3, 0.4) is 0 Å². The molecule has 1 fully saturated rings. The van der Waals surface area contributed by atoms with Gasteiger partial charge in [0.25, 0.3) is 0 Å². The van der Waals surface area contributed by atoms with Crippen molar-refractivity contribution in [3.05, 3.63) is 85.6 Å². The first-order valence-electron chi connectivity index (χ1n) is 13.2. The van der Waals surface area contributed by atoms with Crippen LogP contribution in [0.15, 0.2) is 79.8 Å². The highest BCUT2D eigenvalue weighted by atomic mass is 19.1. The van der Waals surface area contributed by atoms with E-state index in [4.69, 9.17) is 18.9 Å². The van der Waals surface area contributed by atoms with Crippen molar-refractivity contribution in [3.8, 4) is 34.8 Å². The Morgan fingerprint density at radius 3 is 2.67 bits per heavy atom. The monoisotopic (exact) mass is 583 g/mol. The third-order valence-electron chi connectivity index (χ3n) is 6.68. The molecule has 0 bridgehead atoms. The SMILES string of the molecule is C=CC(=O)N1CC(Oc2cc3c(Nc4ccc(Oc5ccn(-c6cccc(OC)n6)n5)cc4F)ncnc3cc2OC)C1. The third kappa shape index (κ3) is 5.73. The Balaban J connectivity index is 1.19. The van der Waals surface area contributed by atoms with Crippen LogP contribution in [0, 0.1) is 5.82 Å². The molecule has 1 saturated heterocycles. The van der Waals surface area contributed by atoms with E-state index in [1.165, 1.54) is 37.4 Å². The van der Waals surface area contributed by atoms with Gasteiger partial charge >= 0.3 is 0 Å². The number of carbonyl (C=O) groups is 1. The first-order chi connectivity index (χ1) is 20.9. The van der Waals surface area contributed by atoms with Gasteiger partial charge in [0.05, 0.1) is 38.5 Å². The Morgan fingerprint density at radius 2 is 1.91 bits per heavy atom. The standard InChI is InChI=1S/C30H26FN7O5/c1-4-29(39)37-15-19(16-37)42-25-13-20-23(14-24(25)40-2)32-17-33-30(20)34-22-9-8-18(12-21(22)31)43-28-10-11-38(36-28)26-6-5-7-27(35-26)41-3/h4-14,17,19H,1,15-16H2,2-3H3,(H,32,33,34). The molecule has 218 valence electrons. The van der Waals surface area contributed by atoms with E-state index in [1.54, 1.807) is 59.6 Å². The van der Waals surface area contributed by atoms with Gasteiger partial charge in [0, 0.05) is 35.8 Å². The summed E-state index contributed by atoms with van der Waals surface area (Å²) >= 11 is 0. The van der Waals surface area contributed by atoms with Gasteiger partial charge in [-0.3, -0.25) is 4.79 Å². The van der Waals surface area contributed by atoms with Crippen LogP contribution in [-0.2, 0) is 4.79 Å². The average molecular weight is 584 g/mol. The molecular formula is C30H26FN7O5. The molecule has 0 atom stereocenters. The van der Waals surface area contributed by atoms with Crippen LogP contribution in [0.4, 0.5) is 15.9 Å². The molecule has 1 aliphatic rings. The molecule has 0 radical (unpaired) electrons. The highest BCUT2D eigenvalue weighted by molar-refractivity contribution is 5.93. The molecular weight excluding hydrogens is 557 g/mol.